The predicted octanol–water partition coefficient (Wildman–Crippen LogP) is 4.03. The van der Waals surface area contributed by atoms with Gasteiger partial charge in [-0.1, -0.05) is 18.2 Å². The van der Waals surface area contributed by atoms with Crippen molar-refractivity contribution in [2.24, 2.45) is 0 Å². The first-order valence-electron chi connectivity index (χ1n) is 8.71. The molecule has 2 N–H and O–H groups in total. The molecule has 0 unspecified atom stereocenters. The highest BCUT2D eigenvalue weighted by atomic mass is 32.1. The van der Waals surface area contributed by atoms with Crippen LogP contribution in [0, 0.1) is 0 Å². The van der Waals surface area contributed by atoms with Gasteiger partial charge in [-0.05, 0) is 24.3 Å². The number of hydrogen-bond acceptors (Lipinski definition) is 8. The number of hydrogen-bond donors (Lipinski definition) is 2. The molecule has 4 heterocycles. The lowest BCUT2D eigenvalue weighted by molar-refractivity contribution is 0.102. The third kappa shape index (κ3) is 3.34. The van der Waals surface area contributed by atoms with Gasteiger partial charge in [0.2, 0.25) is 5.95 Å². The number of aromatic nitrogens is 5. The molecule has 4 aromatic heterocycles. The summed E-state index contributed by atoms with van der Waals surface area (Å²) in [7, 11) is 0. The van der Waals surface area contributed by atoms with Gasteiger partial charge in [-0.25, -0.2) is 24.9 Å². The van der Waals surface area contributed by atoms with Crippen molar-refractivity contribution in [3.63, 3.8) is 0 Å². The van der Waals surface area contributed by atoms with Crippen molar-refractivity contribution in [1.29, 1.82) is 0 Å². The molecule has 0 bridgehead atoms. The molecule has 29 heavy (non-hydrogen) atoms. The molecule has 0 radical (unpaired) electrons. The van der Waals surface area contributed by atoms with Gasteiger partial charge in [-0.3, -0.25) is 10.1 Å². The Morgan fingerprint density at radius 3 is 2.55 bits per heavy atom. The van der Waals surface area contributed by atoms with Crippen LogP contribution in [-0.4, -0.2) is 30.8 Å². The number of benzene rings is 1. The fourth-order valence-corrected chi connectivity index (χ4v) is 3.90. The summed E-state index contributed by atoms with van der Waals surface area (Å²) in [6, 6.07) is 12.8. The van der Waals surface area contributed by atoms with E-state index in [-0.39, 0.29) is 11.9 Å². The van der Waals surface area contributed by atoms with E-state index in [0.717, 1.165) is 20.4 Å². The van der Waals surface area contributed by atoms with Crippen LogP contribution in [0.15, 0.2) is 67.4 Å². The van der Waals surface area contributed by atoms with Gasteiger partial charge in [0.25, 0.3) is 5.91 Å². The number of carbonyl (C=O) groups is 1. The van der Waals surface area contributed by atoms with Crippen molar-refractivity contribution in [3.05, 3.63) is 72.9 Å². The van der Waals surface area contributed by atoms with Crippen molar-refractivity contribution >= 4 is 55.1 Å². The maximum Gasteiger partial charge on any atom is 0.258 e. The molecule has 9 heteroatoms. The molecule has 0 aliphatic heterocycles. The number of carbonyl (C=O) groups excluding carboxylic acids is 1. The maximum atomic E-state index is 12.2. The molecule has 0 fully saturated rings. The van der Waals surface area contributed by atoms with Crippen LogP contribution >= 0.6 is 11.3 Å². The fourth-order valence-electron chi connectivity index (χ4n) is 2.86. The molecule has 0 atom stereocenters. The number of anilines is 3. The standard InChI is InChI=1S/C20H13N7OS/c28-18(12-5-2-1-3-6-12)27-20-22-9-13(10-23-20)26-17-16-15(24-11-25-17)14-7-4-8-21-19(14)29-16/h1-11H,(H,24,25,26)(H,22,23,27,28). The molecular formula is C20H13N7OS. The second-order valence-corrected chi connectivity index (χ2v) is 7.10. The van der Waals surface area contributed by atoms with E-state index in [9.17, 15) is 4.79 Å². The summed E-state index contributed by atoms with van der Waals surface area (Å²) >= 11 is 1.52. The fraction of sp³-hybridized carbons (Fsp3) is 0. The number of nitrogens with one attached hydrogen (secondary N) is 2. The van der Waals surface area contributed by atoms with Crippen LogP contribution < -0.4 is 10.6 Å². The highest BCUT2D eigenvalue weighted by Gasteiger charge is 2.12. The highest BCUT2D eigenvalue weighted by Crippen LogP contribution is 2.35. The third-order valence-electron chi connectivity index (χ3n) is 4.20. The van der Waals surface area contributed by atoms with E-state index in [4.69, 9.17) is 0 Å². The van der Waals surface area contributed by atoms with E-state index in [0.29, 0.717) is 17.1 Å². The van der Waals surface area contributed by atoms with Crippen LogP contribution in [0.3, 0.4) is 0 Å². The predicted molar refractivity (Wildman–Crippen MR) is 112 cm³/mol. The Morgan fingerprint density at radius 1 is 0.897 bits per heavy atom. The van der Waals surface area contributed by atoms with Crippen LogP contribution in [0.5, 0.6) is 0 Å². The first kappa shape index (κ1) is 17.1. The van der Waals surface area contributed by atoms with Crippen LogP contribution in [0.2, 0.25) is 0 Å². The second kappa shape index (κ2) is 7.21. The van der Waals surface area contributed by atoms with E-state index < -0.39 is 0 Å². The topological polar surface area (TPSA) is 106 Å². The lowest BCUT2D eigenvalue weighted by Gasteiger charge is -2.07. The molecule has 0 saturated carbocycles. The largest absolute Gasteiger partial charge is 0.336 e. The van der Waals surface area contributed by atoms with Crippen molar-refractivity contribution in [1.82, 2.24) is 24.9 Å². The van der Waals surface area contributed by atoms with Crippen molar-refractivity contribution < 1.29 is 4.79 Å². The van der Waals surface area contributed by atoms with Gasteiger partial charge in [0.1, 0.15) is 11.2 Å². The van der Waals surface area contributed by atoms with Gasteiger partial charge >= 0.3 is 0 Å². The summed E-state index contributed by atoms with van der Waals surface area (Å²) in [6.45, 7) is 0. The Morgan fingerprint density at radius 2 is 1.72 bits per heavy atom. The minimum atomic E-state index is -0.262. The van der Waals surface area contributed by atoms with Crippen molar-refractivity contribution in [3.8, 4) is 0 Å². The van der Waals surface area contributed by atoms with Gasteiger partial charge in [-0.15, -0.1) is 11.3 Å². The first-order valence-corrected chi connectivity index (χ1v) is 9.53. The minimum Gasteiger partial charge on any atom is -0.336 e. The van der Waals surface area contributed by atoms with E-state index in [1.54, 1.807) is 42.9 Å². The quantitative estimate of drug-likeness (QED) is 0.470. The van der Waals surface area contributed by atoms with Gasteiger partial charge in [-0.2, -0.15) is 0 Å². The SMILES string of the molecule is O=C(Nc1ncc(Nc2ncnc3c2sc2ncccc23)cn1)c1ccccc1. The van der Waals surface area contributed by atoms with E-state index in [2.05, 4.69) is 35.6 Å². The normalized spacial score (nSPS) is 10.9. The molecule has 140 valence electrons. The van der Waals surface area contributed by atoms with Crippen LogP contribution in [0.25, 0.3) is 20.4 Å². The Kier molecular flexibility index (Phi) is 4.26. The summed E-state index contributed by atoms with van der Waals surface area (Å²) in [5.74, 6) is 0.618. The van der Waals surface area contributed by atoms with E-state index in [1.165, 1.54) is 17.7 Å². The number of nitrogens with zero attached hydrogens (tertiary/aromatic N) is 5. The monoisotopic (exact) mass is 399 g/mol. The number of amides is 1. The molecule has 0 spiro atoms. The number of rotatable bonds is 4. The number of fused-ring (bicyclic) bond motifs is 3. The van der Waals surface area contributed by atoms with Crippen molar-refractivity contribution in [2.75, 3.05) is 10.6 Å². The zero-order valence-corrected chi connectivity index (χ0v) is 15.7. The summed E-state index contributed by atoms with van der Waals surface area (Å²) in [4.78, 5) is 34.6. The van der Waals surface area contributed by atoms with Gasteiger partial charge in [0, 0.05) is 17.1 Å². The smallest absolute Gasteiger partial charge is 0.258 e. The number of thiophene rings is 1. The van der Waals surface area contributed by atoms with Crippen LogP contribution in [0.1, 0.15) is 10.4 Å². The Labute approximate surface area is 168 Å². The summed E-state index contributed by atoms with van der Waals surface area (Å²) in [5, 5.41) is 6.88. The first-order chi connectivity index (χ1) is 14.3. The minimum absolute atomic E-state index is 0.225. The Balaban J connectivity index is 1.38. The van der Waals surface area contributed by atoms with Gasteiger partial charge in [0.05, 0.1) is 28.3 Å². The average Bonchev–Trinajstić information content (AvgIpc) is 3.16. The molecule has 1 amide bonds. The lowest BCUT2D eigenvalue weighted by atomic mass is 10.2. The third-order valence-corrected chi connectivity index (χ3v) is 5.31. The molecule has 5 aromatic rings. The van der Waals surface area contributed by atoms with Gasteiger partial charge < -0.3 is 5.32 Å². The molecular weight excluding hydrogens is 386 g/mol. The summed E-state index contributed by atoms with van der Waals surface area (Å²) in [6.07, 6.45) is 6.45. The number of pyridine rings is 1. The molecule has 5 rings (SSSR count). The zero-order valence-electron chi connectivity index (χ0n) is 14.9. The average molecular weight is 399 g/mol. The molecule has 0 aliphatic carbocycles. The van der Waals surface area contributed by atoms with E-state index >= 15 is 0 Å². The summed E-state index contributed by atoms with van der Waals surface area (Å²) in [5.41, 5.74) is 2.04. The highest BCUT2D eigenvalue weighted by molar-refractivity contribution is 7.25. The molecule has 1 aromatic carbocycles. The zero-order chi connectivity index (χ0) is 19.6. The molecule has 8 nitrogen and oxygen atoms in total. The van der Waals surface area contributed by atoms with Crippen molar-refractivity contribution in [2.45, 2.75) is 0 Å². The second-order valence-electron chi connectivity index (χ2n) is 6.10. The Hall–Kier alpha value is -3.98. The van der Waals surface area contributed by atoms with Crippen LogP contribution in [0.4, 0.5) is 17.5 Å². The lowest BCUT2D eigenvalue weighted by Crippen LogP contribution is -2.14. The van der Waals surface area contributed by atoms with Gasteiger partial charge in [0.15, 0.2) is 5.82 Å². The molecule has 0 saturated heterocycles. The summed E-state index contributed by atoms with van der Waals surface area (Å²) < 4.78 is 0.905. The Bertz CT molecular complexity index is 1320. The maximum absolute atomic E-state index is 12.2. The van der Waals surface area contributed by atoms with Crippen LogP contribution in [-0.2, 0) is 0 Å². The van der Waals surface area contributed by atoms with E-state index in [1.807, 2.05) is 18.2 Å². The molecule has 0 aliphatic rings.